The lowest BCUT2D eigenvalue weighted by atomic mass is 10.0. The van der Waals surface area contributed by atoms with Crippen LogP contribution >= 0.6 is 0 Å². The summed E-state index contributed by atoms with van der Waals surface area (Å²) in [5.74, 6) is -1.97. The smallest absolute Gasteiger partial charge is 0.269 e. The summed E-state index contributed by atoms with van der Waals surface area (Å²) in [6.45, 7) is 0. The van der Waals surface area contributed by atoms with Crippen LogP contribution in [-0.4, -0.2) is 21.4 Å². The summed E-state index contributed by atoms with van der Waals surface area (Å²) in [5.41, 5.74) is 2.98. The lowest BCUT2D eigenvalue weighted by Crippen LogP contribution is -2.41. The average molecular weight is 400 g/mol. The van der Waals surface area contributed by atoms with Gasteiger partial charge in [-0.1, -0.05) is 48.5 Å². The second-order valence-corrected chi connectivity index (χ2v) is 7.46. The molecule has 0 aliphatic heterocycles. The molecule has 0 saturated heterocycles. The quantitative estimate of drug-likeness (QED) is 0.623. The van der Waals surface area contributed by atoms with Crippen molar-refractivity contribution < 1.29 is 22.3 Å². The zero-order valence-electron chi connectivity index (χ0n) is 14.8. The molecule has 0 fully saturated rings. The SMILES string of the molecule is COc1cc(-c2ccccc2)cc(C(=O)NNS(=O)(=O)c2ccccc2)c1F. The van der Waals surface area contributed by atoms with Crippen LogP contribution in [0.5, 0.6) is 5.75 Å². The van der Waals surface area contributed by atoms with Crippen molar-refractivity contribution in [2.24, 2.45) is 0 Å². The summed E-state index contributed by atoms with van der Waals surface area (Å²) < 4.78 is 44.1. The van der Waals surface area contributed by atoms with E-state index in [1.54, 1.807) is 42.5 Å². The third-order valence-electron chi connectivity index (χ3n) is 3.96. The van der Waals surface area contributed by atoms with Gasteiger partial charge >= 0.3 is 0 Å². The van der Waals surface area contributed by atoms with E-state index >= 15 is 0 Å². The van der Waals surface area contributed by atoms with Crippen LogP contribution in [0.25, 0.3) is 11.1 Å². The van der Waals surface area contributed by atoms with Gasteiger partial charge in [-0.2, -0.15) is 0 Å². The maximum absolute atomic E-state index is 14.6. The number of hydrogen-bond donors (Lipinski definition) is 2. The van der Waals surface area contributed by atoms with Crippen molar-refractivity contribution in [2.75, 3.05) is 7.11 Å². The highest BCUT2D eigenvalue weighted by Crippen LogP contribution is 2.29. The van der Waals surface area contributed by atoms with Crippen molar-refractivity contribution in [3.8, 4) is 16.9 Å². The van der Waals surface area contributed by atoms with E-state index in [1.807, 2.05) is 16.3 Å². The molecule has 3 aromatic carbocycles. The predicted molar refractivity (Wildman–Crippen MR) is 103 cm³/mol. The van der Waals surface area contributed by atoms with Gasteiger partial charge in [0.1, 0.15) is 0 Å². The molecule has 0 bridgehead atoms. The molecule has 0 aliphatic carbocycles. The van der Waals surface area contributed by atoms with Crippen LogP contribution in [0.2, 0.25) is 0 Å². The van der Waals surface area contributed by atoms with E-state index in [9.17, 15) is 17.6 Å². The minimum atomic E-state index is -3.99. The van der Waals surface area contributed by atoms with E-state index in [4.69, 9.17) is 4.74 Å². The van der Waals surface area contributed by atoms with Crippen molar-refractivity contribution in [3.63, 3.8) is 0 Å². The Morgan fingerprint density at radius 2 is 1.54 bits per heavy atom. The molecule has 3 rings (SSSR count). The van der Waals surface area contributed by atoms with Gasteiger partial charge in [-0.05, 0) is 35.4 Å². The van der Waals surface area contributed by atoms with E-state index in [-0.39, 0.29) is 16.2 Å². The van der Waals surface area contributed by atoms with Crippen LogP contribution in [-0.2, 0) is 10.0 Å². The number of sulfonamides is 1. The number of hydrazine groups is 1. The van der Waals surface area contributed by atoms with E-state index in [0.717, 1.165) is 5.56 Å². The van der Waals surface area contributed by atoms with Crippen LogP contribution in [0.4, 0.5) is 4.39 Å². The summed E-state index contributed by atoms with van der Waals surface area (Å²) >= 11 is 0. The Balaban J connectivity index is 1.89. The molecule has 3 aromatic rings. The van der Waals surface area contributed by atoms with E-state index in [0.29, 0.717) is 5.56 Å². The van der Waals surface area contributed by atoms with Gasteiger partial charge in [0.15, 0.2) is 11.6 Å². The van der Waals surface area contributed by atoms with E-state index in [2.05, 4.69) is 0 Å². The lowest BCUT2D eigenvalue weighted by molar-refractivity contribution is 0.0940. The Labute approximate surface area is 162 Å². The highest BCUT2D eigenvalue weighted by molar-refractivity contribution is 7.89. The fourth-order valence-electron chi connectivity index (χ4n) is 2.55. The molecule has 0 radical (unpaired) electrons. The number of carbonyl (C=O) groups excluding carboxylic acids is 1. The van der Waals surface area contributed by atoms with Crippen LogP contribution in [0, 0.1) is 5.82 Å². The molecule has 144 valence electrons. The second-order valence-electron chi connectivity index (χ2n) is 5.78. The predicted octanol–water partition coefficient (Wildman–Crippen LogP) is 3.12. The normalized spacial score (nSPS) is 11.1. The molecule has 6 nitrogen and oxygen atoms in total. The summed E-state index contributed by atoms with van der Waals surface area (Å²) in [4.78, 5) is 14.4. The van der Waals surface area contributed by atoms with E-state index < -0.39 is 21.7 Å². The Morgan fingerprint density at radius 3 is 2.14 bits per heavy atom. The van der Waals surface area contributed by atoms with Gasteiger partial charge in [0, 0.05) is 0 Å². The molecular weight excluding hydrogens is 383 g/mol. The summed E-state index contributed by atoms with van der Waals surface area (Å²) in [6.07, 6.45) is 0. The summed E-state index contributed by atoms with van der Waals surface area (Å²) in [7, 11) is -2.71. The zero-order valence-corrected chi connectivity index (χ0v) is 15.7. The molecule has 0 aliphatic rings. The molecule has 0 saturated carbocycles. The number of nitrogens with one attached hydrogen (secondary N) is 2. The first-order valence-electron chi connectivity index (χ1n) is 8.22. The monoisotopic (exact) mass is 400 g/mol. The number of benzene rings is 3. The molecular formula is C20H17FN2O4S. The van der Waals surface area contributed by atoms with Crippen LogP contribution in [0.3, 0.4) is 0 Å². The Bertz CT molecular complexity index is 1090. The van der Waals surface area contributed by atoms with Crippen molar-refractivity contribution >= 4 is 15.9 Å². The highest BCUT2D eigenvalue weighted by Gasteiger charge is 2.21. The van der Waals surface area contributed by atoms with Gasteiger partial charge in [-0.15, -0.1) is 4.83 Å². The Hall–Kier alpha value is -3.23. The maximum Gasteiger partial charge on any atom is 0.269 e. The zero-order chi connectivity index (χ0) is 20.1. The molecule has 1 amide bonds. The van der Waals surface area contributed by atoms with Gasteiger partial charge in [0.25, 0.3) is 15.9 Å². The number of amides is 1. The third-order valence-corrected chi connectivity index (χ3v) is 5.23. The molecule has 2 N–H and O–H groups in total. The van der Waals surface area contributed by atoms with E-state index in [1.165, 1.54) is 31.4 Å². The first-order valence-corrected chi connectivity index (χ1v) is 9.71. The lowest BCUT2D eigenvalue weighted by Gasteiger charge is -2.12. The molecule has 28 heavy (non-hydrogen) atoms. The van der Waals surface area contributed by atoms with Crippen LogP contribution < -0.4 is 15.0 Å². The number of hydrogen-bond acceptors (Lipinski definition) is 4. The Kier molecular flexibility index (Phi) is 5.72. The first kappa shape index (κ1) is 19.5. The number of rotatable bonds is 6. The minimum Gasteiger partial charge on any atom is -0.494 e. The molecule has 0 spiro atoms. The molecule has 0 atom stereocenters. The fourth-order valence-corrected chi connectivity index (χ4v) is 3.41. The van der Waals surface area contributed by atoms with Crippen molar-refractivity contribution in [3.05, 3.63) is 84.2 Å². The number of methoxy groups -OCH3 is 1. The van der Waals surface area contributed by atoms with Crippen LogP contribution in [0.1, 0.15) is 10.4 Å². The Morgan fingerprint density at radius 1 is 0.929 bits per heavy atom. The standard InChI is InChI=1S/C20H17FN2O4S/c1-27-18-13-15(14-8-4-2-5-9-14)12-17(19(18)21)20(24)22-23-28(25,26)16-10-6-3-7-11-16/h2-13,23H,1H3,(H,22,24). The minimum absolute atomic E-state index is 0.0358. The van der Waals surface area contributed by atoms with Gasteiger partial charge in [-0.3, -0.25) is 10.2 Å². The topological polar surface area (TPSA) is 84.5 Å². The first-order chi connectivity index (χ1) is 13.4. The highest BCUT2D eigenvalue weighted by atomic mass is 32.2. The van der Waals surface area contributed by atoms with Crippen LogP contribution in [0.15, 0.2) is 77.7 Å². The molecule has 8 heteroatoms. The maximum atomic E-state index is 14.6. The average Bonchev–Trinajstić information content (AvgIpc) is 2.73. The number of halogens is 1. The summed E-state index contributed by atoms with van der Waals surface area (Å²) in [5, 5.41) is 0. The number of carbonyl (C=O) groups is 1. The largest absolute Gasteiger partial charge is 0.494 e. The van der Waals surface area contributed by atoms with Gasteiger partial charge in [0.05, 0.1) is 17.6 Å². The fraction of sp³-hybridized carbons (Fsp3) is 0.0500. The number of ether oxygens (including phenoxy) is 1. The van der Waals surface area contributed by atoms with Gasteiger partial charge in [-0.25, -0.2) is 12.8 Å². The molecule has 0 unspecified atom stereocenters. The van der Waals surface area contributed by atoms with Crippen molar-refractivity contribution in [1.29, 1.82) is 0 Å². The second kappa shape index (κ2) is 8.20. The molecule has 0 heterocycles. The van der Waals surface area contributed by atoms with Gasteiger partial charge in [0.2, 0.25) is 0 Å². The van der Waals surface area contributed by atoms with Gasteiger partial charge < -0.3 is 4.74 Å². The van der Waals surface area contributed by atoms with Crippen molar-refractivity contribution in [2.45, 2.75) is 4.90 Å². The third kappa shape index (κ3) is 4.19. The molecule has 0 aromatic heterocycles. The van der Waals surface area contributed by atoms with Crippen molar-refractivity contribution in [1.82, 2.24) is 10.3 Å². The summed E-state index contributed by atoms with van der Waals surface area (Å²) in [6, 6.07) is 19.3.